The second-order valence-electron chi connectivity index (χ2n) is 5.16. The van der Waals surface area contributed by atoms with Gasteiger partial charge in [0.15, 0.2) is 0 Å². The van der Waals surface area contributed by atoms with Crippen molar-refractivity contribution in [2.24, 2.45) is 5.41 Å². The highest BCUT2D eigenvalue weighted by Crippen LogP contribution is 2.43. The van der Waals surface area contributed by atoms with Crippen molar-refractivity contribution in [1.29, 1.82) is 5.26 Å². The van der Waals surface area contributed by atoms with Crippen LogP contribution in [0.2, 0.25) is 5.02 Å². The first-order chi connectivity index (χ1) is 9.02. The number of halogens is 1. The summed E-state index contributed by atoms with van der Waals surface area (Å²) in [5.74, 6) is -0.0892. The number of carbonyl (C=O) groups excluding carboxylic acids is 1. The number of nitrogens with zero attached hydrogens (tertiary/aromatic N) is 2. The molecule has 0 aliphatic heterocycles. The standard InChI is InChI=1S/C15H17ClN2O/c1-11(12-6-3-4-7-13(12)16)18(2)14(19)15(10-17)8-5-9-15/h3-4,6-7,11H,5,8-9H2,1-2H3. The molecule has 3 nitrogen and oxygen atoms in total. The lowest BCUT2D eigenvalue weighted by atomic mass is 9.69. The zero-order chi connectivity index (χ0) is 14.0. The van der Waals surface area contributed by atoms with Gasteiger partial charge in [0.1, 0.15) is 5.41 Å². The smallest absolute Gasteiger partial charge is 0.243 e. The van der Waals surface area contributed by atoms with Crippen molar-refractivity contribution in [3.63, 3.8) is 0 Å². The van der Waals surface area contributed by atoms with E-state index in [2.05, 4.69) is 6.07 Å². The van der Waals surface area contributed by atoms with Gasteiger partial charge in [-0.05, 0) is 37.8 Å². The van der Waals surface area contributed by atoms with Crippen LogP contribution < -0.4 is 0 Å². The van der Waals surface area contributed by atoms with Crippen molar-refractivity contribution >= 4 is 17.5 Å². The van der Waals surface area contributed by atoms with Crippen molar-refractivity contribution in [3.8, 4) is 6.07 Å². The SMILES string of the molecule is CC(c1ccccc1Cl)N(C)C(=O)C1(C#N)CCC1. The summed E-state index contributed by atoms with van der Waals surface area (Å²) in [6, 6.07) is 9.55. The lowest BCUT2D eigenvalue weighted by molar-refractivity contribution is -0.143. The Hall–Kier alpha value is -1.53. The van der Waals surface area contributed by atoms with Crippen LogP contribution in [0.1, 0.15) is 37.8 Å². The van der Waals surface area contributed by atoms with E-state index < -0.39 is 5.41 Å². The minimum atomic E-state index is -0.801. The highest BCUT2D eigenvalue weighted by Gasteiger charge is 2.47. The zero-order valence-corrected chi connectivity index (χ0v) is 11.9. The first kappa shape index (κ1) is 13.9. The molecule has 0 heterocycles. The third kappa shape index (κ3) is 2.33. The molecule has 0 aromatic heterocycles. The molecule has 0 N–H and O–H groups in total. The van der Waals surface area contributed by atoms with E-state index in [9.17, 15) is 10.1 Å². The van der Waals surface area contributed by atoms with Gasteiger partial charge >= 0.3 is 0 Å². The summed E-state index contributed by atoms with van der Waals surface area (Å²) in [4.78, 5) is 14.1. The van der Waals surface area contributed by atoms with Gasteiger partial charge < -0.3 is 4.90 Å². The Balaban J connectivity index is 2.21. The Kier molecular flexibility index (Phi) is 3.82. The normalized spacial score (nSPS) is 18.0. The largest absolute Gasteiger partial charge is 0.338 e. The van der Waals surface area contributed by atoms with Crippen molar-refractivity contribution in [2.45, 2.75) is 32.2 Å². The summed E-state index contributed by atoms with van der Waals surface area (Å²) >= 11 is 6.16. The molecule has 1 amide bonds. The summed E-state index contributed by atoms with van der Waals surface area (Å²) in [6.45, 7) is 1.93. The van der Waals surface area contributed by atoms with Crippen LogP contribution in [0.5, 0.6) is 0 Å². The van der Waals surface area contributed by atoms with Gasteiger partial charge in [-0.2, -0.15) is 5.26 Å². The van der Waals surface area contributed by atoms with Crippen molar-refractivity contribution in [1.82, 2.24) is 4.90 Å². The topological polar surface area (TPSA) is 44.1 Å². The molecule has 0 bridgehead atoms. The lowest BCUT2D eigenvalue weighted by Gasteiger charge is -2.39. The minimum absolute atomic E-state index is 0.0892. The number of carbonyl (C=O) groups is 1. The van der Waals surface area contributed by atoms with Gasteiger partial charge in [-0.1, -0.05) is 29.8 Å². The van der Waals surface area contributed by atoms with Crippen molar-refractivity contribution in [3.05, 3.63) is 34.9 Å². The van der Waals surface area contributed by atoms with E-state index in [1.165, 1.54) is 0 Å². The van der Waals surface area contributed by atoms with E-state index in [1.807, 2.05) is 31.2 Å². The average Bonchev–Trinajstić information content (AvgIpc) is 2.37. The first-order valence-electron chi connectivity index (χ1n) is 6.45. The third-order valence-corrected chi connectivity index (χ3v) is 4.43. The molecule has 1 aromatic rings. The van der Waals surface area contributed by atoms with Gasteiger partial charge in [-0.15, -0.1) is 0 Å². The van der Waals surface area contributed by atoms with Crippen LogP contribution in [0.4, 0.5) is 0 Å². The summed E-state index contributed by atoms with van der Waals surface area (Å²) < 4.78 is 0. The summed E-state index contributed by atoms with van der Waals surface area (Å²) in [5, 5.41) is 9.89. The first-order valence-corrected chi connectivity index (χ1v) is 6.82. The van der Waals surface area contributed by atoms with Crippen LogP contribution in [0.3, 0.4) is 0 Å². The molecule has 1 aliphatic carbocycles. The molecule has 0 spiro atoms. The molecule has 0 saturated heterocycles. The maximum Gasteiger partial charge on any atom is 0.243 e. The number of hydrogen-bond donors (Lipinski definition) is 0. The molecule has 19 heavy (non-hydrogen) atoms. The van der Waals surface area contributed by atoms with Gasteiger partial charge in [-0.3, -0.25) is 4.79 Å². The van der Waals surface area contributed by atoms with Crippen LogP contribution in [-0.2, 0) is 4.79 Å². The summed E-state index contributed by atoms with van der Waals surface area (Å²) in [6.07, 6.45) is 2.29. The van der Waals surface area contributed by atoms with Crippen molar-refractivity contribution in [2.75, 3.05) is 7.05 Å². The van der Waals surface area contributed by atoms with E-state index in [1.54, 1.807) is 11.9 Å². The van der Waals surface area contributed by atoms with Gasteiger partial charge in [0.05, 0.1) is 12.1 Å². The van der Waals surface area contributed by atoms with E-state index in [0.29, 0.717) is 17.9 Å². The molecule has 100 valence electrons. The van der Waals surface area contributed by atoms with E-state index in [4.69, 9.17) is 11.6 Å². The molecule has 0 radical (unpaired) electrons. The molecule has 1 unspecified atom stereocenters. The Morgan fingerprint density at radius 3 is 2.58 bits per heavy atom. The number of nitriles is 1. The second kappa shape index (κ2) is 5.22. The molecular formula is C15H17ClN2O. The predicted molar refractivity (Wildman–Crippen MR) is 74.5 cm³/mol. The van der Waals surface area contributed by atoms with Gasteiger partial charge in [0.2, 0.25) is 5.91 Å². The lowest BCUT2D eigenvalue weighted by Crippen LogP contribution is -2.46. The van der Waals surface area contributed by atoms with Crippen LogP contribution in [0, 0.1) is 16.7 Å². The monoisotopic (exact) mass is 276 g/mol. The number of amides is 1. The fourth-order valence-corrected chi connectivity index (χ4v) is 2.73. The van der Waals surface area contributed by atoms with Gasteiger partial charge in [0, 0.05) is 12.1 Å². The average molecular weight is 277 g/mol. The molecule has 1 aliphatic rings. The van der Waals surface area contributed by atoms with Crippen LogP contribution in [-0.4, -0.2) is 17.9 Å². The maximum atomic E-state index is 12.5. The molecule has 1 saturated carbocycles. The fourth-order valence-electron chi connectivity index (χ4n) is 2.44. The highest BCUT2D eigenvalue weighted by atomic mass is 35.5. The van der Waals surface area contributed by atoms with E-state index in [0.717, 1.165) is 12.0 Å². The predicted octanol–water partition coefficient (Wildman–Crippen LogP) is 3.55. The molecule has 1 aromatic carbocycles. The number of benzene rings is 1. The molecule has 4 heteroatoms. The van der Waals surface area contributed by atoms with Crippen LogP contribution in [0.25, 0.3) is 0 Å². The molecular weight excluding hydrogens is 260 g/mol. The summed E-state index contributed by atoms with van der Waals surface area (Å²) in [7, 11) is 1.74. The minimum Gasteiger partial charge on any atom is -0.338 e. The Labute approximate surface area is 118 Å². The van der Waals surface area contributed by atoms with Crippen LogP contribution in [0.15, 0.2) is 24.3 Å². The van der Waals surface area contributed by atoms with E-state index in [-0.39, 0.29) is 11.9 Å². The number of hydrogen-bond acceptors (Lipinski definition) is 2. The zero-order valence-electron chi connectivity index (χ0n) is 11.2. The maximum absolute atomic E-state index is 12.5. The van der Waals surface area contributed by atoms with Crippen molar-refractivity contribution < 1.29 is 4.79 Å². The molecule has 1 atom stereocenters. The van der Waals surface area contributed by atoms with Crippen LogP contribution >= 0.6 is 11.6 Å². The van der Waals surface area contributed by atoms with E-state index >= 15 is 0 Å². The summed E-state index contributed by atoms with van der Waals surface area (Å²) in [5.41, 5.74) is 0.108. The quantitative estimate of drug-likeness (QED) is 0.847. The fraction of sp³-hybridized carbons (Fsp3) is 0.467. The van der Waals surface area contributed by atoms with Gasteiger partial charge in [-0.25, -0.2) is 0 Å². The molecule has 2 rings (SSSR count). The Morgan fingerprint density at radius 1 is 1.47 bits per heavy atom. The number of rotatable bonds is 3. The van der Waals surface area contributed by atoms with Gasteiger partial charge in [0.25, 0.3) is 0 Å². The Bertz CT molecular complexity index is 531. The highest BCUT2D eigenvalue weighted by molar-refractivity contribution is 6.31. The Morgan fingerprint density at radius 2 is 2.11 bits per heavy atom. The third-order valence-electron chi connectivity index (χ3n) is 4.09. The molecule has 1 fully saturated rings. The second-order valence-corrected chi connectivity index (χ2v) is 5.57.